The Morgan fingerprint density at radius 1 is 1.03 bits per heavy atom. The Balaban J connectivity index is 1.22. The summed E-state index contributed by atoms with van der Waals surface area (Å²) in [7, 11) is 0. The molecule has 7 heteroatoms. The highest BCUT2D eigenvalue weighted by Crippen LogP contribution is 2.20. The SMILES string of the molecule is O=C(Nc1ccccc1)c1nnc(CN2CCC(OCc3ccccc3)CC2)s1. The van der Waals surface area contributed by atoms with Crippen LogP contribution in [0.2, 0.25) is 0 Å². The summed E-state index contributed by atoms with van der Waals surface area (Å²) in [5.41, 5.74) is 1.97. The molecule has 1 aromatic heterocycles. The van der Waals surface area contributed by atoms with Gasteiger partial charge in [0.25, 0.3) is 5.91 Å². The van der Waals surface area contributed by atoms with Crippen LogP contribution in [0.3, 0.4) is 0 Å². The summed E-state index contributed by atoms with van der Waals surface area (Å²) >= 11 is 1.36. The second-order valence-corrected chi connectivity index (χ2v) is 8.16. The van der Waals surface area contributed by atoms with Gasteiger partial charge < -0.3 is 10.1 Å². The molecule has 0 atom stereocenters. The molecule has 1 aliphatic rings. The van der Waals surface area contributed by atoms with Crippen molar-refractivity contribution in [2.75, 3.05) is 18.4 Å². The van der Waals surface area contributed by atoms with Gasteiger partial charge >= 0.3 is 0 Å². The zero-order valence-corrected chi connectivity index (χ0v) is 17.0. The van der Waals surface area contributed by atoms with Gasteiger partial charge in [-0.1, -0.05) is 59.9 Å². The van der Waals surface area contributed by atoms with Crippen LogP contribution >= 0.6 is 11.3 Å². The number of anilines is 1. The Bertz CT molecular complexity index is 909. The lowest BCUT2D eigenvalue weighted by atomic mass is 10.1. The lowest BCUT2D eigenvalue weighted by Crippen LogP contribution is -2.36. The van der Waals surface area contributed by atoms with Crippen molar-refractivity contribution in [1.82, 2.24) is 15.1 Å². The average molecular weight is 409 g/mol. The molecular formula is C22H24N4O2S. The second kappa shape index (κ2) is 9.73. The quantitative estimate of drug-likeness (QED) is 0.641. The predicted octanol–water partition coefficient (Wildman–Crippen LogP) is 3.97. The molecule has 0 radical (unpaired) electrons. The first-order chi connectivity index (χ1) is 14.3. The number of para-hydroxylation sites is 1. The predicted molar refractivity (Wildman–Crippen MR) is 114 cm³/mol. The molecule has 1 fully saturated rings. The van der Waals surface area contributed by atoms with Gasteiger partial charge in [0.1, 0.15) is 5.01 Å². The minimum absolute atomic E-state index is 0.215. The van der Waals surface area contributed by atoms with Crippen molar-refractivity contribution in [3.05, 3.63) is 76.2 Å². The zero-order valence-electron chi connectivity index (χ0n) is 16.2. The number of nitrogens with zero attached hydrogens (tertiary/aromatic N) is 3. The van der Waals surface area contributed by atoms with Gasteiger partial charge in [0.05, 0.1) is 19.3 Å². The molecule has 1 saturated heterocycles. The molecule has 0 spiro atoms. The number of nitrogens with one attached hydrogen (secondary N) is 1. The number of rotatable bonds is 7. The lowest BCUT2D eigenvalue weighted by Gasteiger charge is -2.31. The van der Waals surface area contributed by atoms with Gasteiger partial charge in [-0.05, 0) is 30.5 Å². The molecule has 1 aliphatic heterocycles. The highest BCUT2D eigenvalue weighted by atomic mass is 32.1. The zero-order chi connectivity index (χ0) is 19.9. The number of amides is 1. The van der Waals surface area contributed by atoms with E-state index >= 15 is 0 Å². The maximum Gasteiger partial charge on any atom is 0.286 e. The van der Waals surface area contributed by atoms with Gasteiger partial charge in [0, 0.05) is 18.8 Å². The average Bonchev–Trinajstić information content (AvgIpc) is 3.23. The van der Waals surface area contributed by atoms with Crippen molar-refractivity contribution < 1.29 is 9.53 Å². The molecule has 0 unspecified atom stereocenters. The first-order valence-corrected chi connectivity index (χ1v) is 10.6. The summed E-state index contributed by atoms with van der Waals surface area (Å²) in [6, 6.07) is 19.7. The van der Waals surface area contributed by atoms with Gasteiger partial charge in [0.15, 0.2) is 0 Å². The molecule has 2 aromatic carbocycles. The number of aromatic nitrogens is 2. The van der Waals surface area contributed by atoms with Crippen molar-refractivity contribution >= 4 is 22.9 Å². The van der Waals surface area contributed by atoms with Crippen molar-refractivity contribution in [2.24, 2.45) is 0 Å². The van der Waals surface area contributed by atoms with Gasteiger partial charge in [-0.15, -0.1) is 10.2 Å². The molecule has 4 rings (SSSR count). The third-order valence-electron chi connectivity index (χ3n) is 4.91. The fourth-order valence-electron chi connectivity index (χ4n) is 3.33. The van der Waals surface area contributed by atoms with Crippen LogP contribution in [0.4, 0.5) is 5.69 Å². The molecule has 1 N–H and O–H groups in total. The van der Waals surface area contributed by atoms with E-state index in [9.17, 15) is 4.79 Å². The van der Waals surface area contributed by atoms with E-state index in [-0.39, 0.29) is 5.91 Å². The summed E-state index contributed by atoms with van der Waals surface area (Å²) < 4.78 is 6.05. The molecule has 150 valence electrons. The monoisotopic (exact) mass is 408 g/mol. The number of piperidine rings is 1. The van der Waals surface area contributed by atoms with Crippen LogP contribution in [0.1, 0.15) is 33.2 Å². The van der Waals surface area contributed by atoms with Crippen LogP contribution in [0, 0.1) is 0 Å². The maximum atomic E-state index is 12.3. The summed E-state index contributed by atoms with van der Waals surface area (Å²) in [6.07, 6.45) is 2.31. The van der Waals surface area contributed by atoms with Crippen molar-refractivity contribution in [2.45, 2.75) is 32.1 Å². The summed E-state index contributed by atoms with van der Waals surface area (Å²) in [4.78, 5) is 14.7. The third kappa shape index (κ3) is 5.69. The standard InChI is InChI=1S/C22H24N4O2S/c27-21(23-18-9-5-2-6-10-18)22-25-24-20(29-22)15-26-13-11-19(12-14-26)28-16-17-7-3-1-4-8-17/h1-10,19H,11-16H2,(H,23,27). The number of hydrogen-bond donors (Lipinski definition) is 1. The van der Waals surface area contributed by atoms with E-state index in [0.29, 0.717) is 17.7 Å². The Morgan fingerprint density at radius 3 is 2.45 bits per heavy atom. The Kier molecular flexibility index (Phi) is 6.61. The van der Waals surface area contributed by atoms with Crippen LogP contribution in [-0.4, -0.2) is 40.2 Å². The van der Waals surface area contributed by atoms with Gasteiger partial charge in [-0.25, -0.2) is 0 Å². The highest BCUT2D eigenvalue weighted by Gasteiger charge is 2.21. The minimum Gasteiger partial charge on any atom is -0.373 e. The third-order valence-corrected chi connectivity index (χ3v) is 5.82. The smallest absolute Gasteiger partial charge is 0.286 e. The van der Waals surface area contributed by atoms with Gasteiger partial charge in [0.2, 0.25) is 5.01 Å². The van der Waals surface area contributed by atoms with Crippen molar-refractivity contribution in [1.29, 1.82) is 0 Å². The van der Waals surface area contributed by atoms with Crippen LogP contribution in [0.5, 0.6) is 0 Å². The molecule has 29 heavy (non-hydrogen) atoms. The number of benzene rings is 2. The Morgan fingerprint density at radius 2 is 1.72 bits per heavy atom. The normalized spacial score (nSPS) is 15.3. The number of likely N-dealkylation sites (tertiary alicyclic amines) is 1. The van der Waals surface area contributed by atoms with E-state index in [1.54, 1.807) is 0 Å². The summed E-state index contributed by atoms with van der Waals surface area (Å²) in [5.74, 6) is -0.215. The number of carbonyl (C=O) groups excluding carboxylic acids is 1. The number of carbonyl (C=O) groups is 1. The molecule has 0 bridgehead atoms. The fourth-order valence-corrected chi connectivity index (χ4v) is 4.11. The van der Waals surface area contributed by atoms with Crippen molar-refractivity contribution in [3.8, 4) is 0 Å². The summed E-state index contributed by atoms with van der Waals surface area (Å²) in [5, 5.41) is 12.4. The van der Waals surface area contributed by atoms with Gasteiger partial charge in [-0.3, -0.25) is 9.69 Å². The van der Waals surface area contributed by atoms with Gasteiger partial charge in [-0.2, -0.15) is 0 Å². The second-order valence-electron chi connectivity index (χ2n) is 7.09. The maximum absolute atomic E-state index is 12.3. The molecule has 3 aromatic rings. The van der Waals surface area contributed by atoms with Crippen LogP contribution < -0.4 is 5.32 Å². The van der Waals surface area contributed by atoms with E-state index in [1.807, 2.05) is 48.5 Å². The van der Waals surface area contributed by atoms with E-state index in [1.165, 1.54) is 16.9 Å². The van der Waals surface area contributed by atoms with E-state index in [2.05, 4.69) is 32.5 Å². The molecule has 2 heterocycles. The Hall–Kier alpha value is -2.61. The lowest BCUT2D eigenvalue weighted by molar-refractivity contribution is -0.00397. The largest absolute Gasteiger partial charge is 0.373 e. The van der Waals surface area contributed by atoms with Crippen LogP contribution in [0.15, 0.2) is 60.7 Å². The molecule has 1 amide bonds. The molecular weight excluding hydrogens is 384 g/mol. The highest BCUT2D eigenvalue weighted by molar-refractivity contribution is 7.13. The fraction of sp³-hybridized carbons (Fsp3) is 0.318. The molecule has 0 aliphatic carbocycles. The van der Waals surface area contributed by atoms with Crippen molar-refractivity contribution in [3.63, 3.8) is 0 Å². The van der Waals surface area contributed by atoms with E-state index < -0.39 is 0 Å². The minimum atomic E-state index is -0.215. The van der Waals surface area contributed by atoms with E-state index in [0.717, 1.165) is 43.2 Å². The molecule has 6 nitrogen and oxygen atoms in total. The number of hydrogen-bond acceptors (Lipinski definition) is 6. The van der Waals surface area contributed by atoms with Crippen LogP contribution in [-0.2, 0) is 17.9 Å². The first-order valence-electron chi connectivity index (χ1n) is 9.83. The Labute approximate surface area is 174 Å². The first kappa shape index (κ1) is 19.7. The topological polar surface area (TPSA) is 67.4 Å². The summed E-state index contributed by atoms with van der Waals surface area (Å²) in [6.45, 7) is 3.32. The van der Waals surface area contributed by atoms with Crippen LogP contribution in [0.25, 0.3) is 0 Å². The van der Waals surface area contributed by atoms with E-state index in [4.69, 9.17) is 4.74 Å². The number of ether oxygens (including phenoxy) is 1. The molecule has 0 saturated carbocycles.